The molecule has 3 nitrogen and oxygen atoms in total. The smallest absolute Gasteiger partial charge is 0.203 e. The van der Waals surface area contributed by atoms with Gasteiger partial charge in [0, 0.05) is 29.4 Å². The minimum absolute atomic E-state index is 0.0137. The van der Waals surface area contributed by atoms with Crippen LogP contribution in [0, 0.1) is 0 Å². The summed E-state index contributed by atoms with van der Waals surface area (Å²) in [5.74, 6) is 2.34. The normalized spacial score (nSPS) is 11.7. The van der Waals surface area contributed by atoms with Crippen molar-refractivity contribution in [2.75, 3.05) is 21.3 Å². The summed E-state index contributed by atoms with van der Waals surface area (Å²) >= 11 is 0. The molecule has 0 aliphatic carbocycles. The van der Waals surface area contributed by atoms with E-state index in [1.807, 2.05) is 0 Å². The predicted molar refractivity (Wildman–Crippen MR) is 197 cm³/mol. The SMILES string of the molecule is COc1c(Cc2ccccc2)c(CCC(c2ccccc2)c2ccccc2)c(C(Cc2ccccc2)c2ccccc2)c(OC)c1OC. The highest BCUT2D eigenvalue weighted by Gasteiger charge is 2.32. The van der Waals surface area contributed by atoms with Crippen molar-refractivity contribution >= 4 is 0 Å². The first-order valence-electron chi connectivity index (χ1n) is 16.8. The van der Waals surface area contributed by atoms with Crippen LogP contribution in [-0.4, -0.2) is 21.3 Å². The van der Waals surface area contributed by atoms with Crippen molar-refractivity contribution in [2.45, 2.75) is 37.5 Å². The minimum Gasteiger partial charge on any atom is -0.492 e. The molecule has 0 saturated carbocycles. The summed E-state index contributed by atoms with van der Waals surface area (Å²) < 4.78 is 18.8. The Labute approximate surface area is 285 Å². The third-order valence-electron chi connectivity index (χ3n) is 9.38. The quantitative estimate of drug-likeness (QED) is 0.120. The second-order valence-corrected chi connectivity index (χ2v) is 12.2. The molecule has 0 N–H and O–H groups in total. The Bertz CT molecular complexity index is 1820. The summed E-state index contributed by atoms with van der Waals surface area (Å²) in [4.78, 5) is 0. The van der Waals surface area contributed by atoms with Gasteiger partial charge in [-0.1, -0.05) is 152 Å². The van der Waals surface area contributed by atoms with Crippen LogP contribution in [-0.2, 0) is 19.3 Å². The van der Waals surface area contributed by atoms with Crippen LogP contribution < -0.4 is 14.2 Å². The number of hydrogen-bond acceptors (Lipinski definition) is 3. The zero-order valence-electron chi connectivity index (χ0n) is 28.1. The Hall–Kier alpha value is -5.28. The maximum Gasteiger partial charge on any atom is 0.203 e. The van der Waals surface area contributed by atoms with Gasteiger partial charge < -0.3 is 14.2 Å². The molecule has 0 aromatic heterocycles. The molecule has 0 bridgehead atoms. The molecule has 0 spiro atoms. The lowest BCUT2D eigenvalue weighted by Crippen LogP contribution is -2.16. The molecule has 3 heteroatoms. The number of methoxy groups -OCH3 is 3. The number of hydrogen-bond donors (Lipinski definition) is 0. The molecule has 6 rings (SSSR count). The average Bonchev–Trinajstić information content (AvgIpc) is 3.16. The van der Waals surface area contributed by atoms with Crippen LogP contribution in [0.1, 0.15) is 62.8 Å². The Morgan fingerprint density at radius 2 is 0.833 bits per heavy atom. The zero-order chi connectivity index (χ0) is 33.1. The molecule has 242 valence electrons. The van der Waals surface area contributed by atoms with Crippen LogP contribution in [0.5, 0.6) is 17.2 Å². The van der Waals surface area contributed by atoms with Crippen LogP contribution in [0.2, 0.25) is 0 Å². The van der Waals surface area contributed by atoms with E-state index in [0.717, 1.165) is 41.9 Å². The van der Waals surface area contributed by atoms with Gasteiger partial charge in [-0.15, -0.1) is 0 Å². The second-order valence-electron chi connectivity index (χ2n) is 12.2. The molecule has 0 aliphatic heterocycles. The third kappa shape index (κ3) is 7.31. The molecule has 48 heavy (non-hydrogen) atoms. The van der Waals surface area contributed by atoms with Gasteiger partial charge in [-0.05, 0) is 52.6 Å². The highest BCUT2D eigenvalue weighted by Crippen LogP contribution is 2.51. The van der Waals surface area contributed by atoms with Gasteiger partial charge in [0.25, 0.3) is 0 Å². The Morgan fingerprint density at radius 1 is 0.417 bits per heavy atom. The first kappa shape index (κ1) is 32.7. The topological polar surface area (TPSA) is 27.7 Å². The molecule has 1 unspecified atom stereocenters. The van der Waals surface area contributed by atoms with E-state index in [4.69, 9.17) is 14.2 Å². The highest BCUT2D eigenvalue weighted by molar-refractivity contribution is 5.67. The van der Waals surface area contributed by atoms with Gasteiger partial charge in [0.1, 0.15) is 0 Å². The van der Waals surface area contributed by atoms with Gasteiger partial charge in [0.15, 0.2) is 11.5 Å². The van der Waals surface area contributed by atoms with Crippen LogP contribution in [0.4, 0.5) is 0 Å². The van der Waals surface area contributed by atoms with E-state index in [-0.39, 0.29) is 11.8 Å². The molecule has 0 amide bonds. The minimum atomic E-state index is 0.0137. The van der Waals surface area contributed by atoms with Gasteiger partial charge in [0.2, 0.25) is 5.75 Å². The summed E-state index contributed by atoms with van der Waals surface area (Å²) in [6.45, 7) is 0. The van der Waals surface area contributed by atoms with E-state index in [1.54, 1.807) is 21.3 Å². The van der Waals surface area contributed by atoms with Crippen molar-refractivity contribution in [3.8, 4) is 17.2 Å². The number of ether oxygens (including phenoxy) is 3. The summed E-state index contributed by atoms with van der Waals surface area (Å²) in [5, 5.41) is 0. The molecule has 0 saturated heterocycles. The predicted octanol–water partition coefficient (Wildman–Crippen LogP) is 10.4. The number of rotatable bonds is 14. The van der Waals surface area contributed by atoms with Gasteiger partial charge >= 0.3 is 0 Å². The molecule has 1 atom stereocenters. The average molecular weight is 633 g/mol. The standard InChI is InChI=1S/C45H44O3/c1-46-43-41(32-34-21-11-5-12-22-34)39(30-29-38(35-23-13-6-14-24-35)36-25-15-7-16-26-36)42(44(47-2)45(43)48-3)40(37-27-17-8-18-28-37)31-33-19-9-4-10-20-33/h4-28,38,40H,29-32H2,1-3H3. The fourth-order valence-electron chi connectivity index (χ4n) is 7.15. The van der Waals surface area contributed by atoms with E-state index in [0.29, 0.717) is 12.2 Å². The third-order valence-corrected chi connectivity index (χ3v) is 9.38. The Balaban J connectivity index is 1.60. The van der Waals surface area contributed by atoms with Gasteiger partial charge in [-0.3, -0.25) is 0 Å². The van der Waals surface area contributed by atoms with E-state index < -0.39 is 0 Å². The first-order valence-corrected chi connectivity index (χ1v) is 16.8. The molecule has 6 aromatic carbocycles. The maximum absolute atomic E-state index is 6.37. The summed E-state index contributed by atoms with van der Waals surface area (Å²) in [6.07, 6.45) is 3.26. The van der Waals surface area contributed by atoms with E-state index in [9.17, 15) is 0 Å². The maximum atomic E-state index is 6.37. The molecular formula is C45H44O3. The van der Waals surface area contributed by atoms with E-state index in [2.05, 4.69) is 152 Å². The van der Waals surface area contributed by atoms with Crippen molar-refractivity contribution in [2.24, 2.45) is 0 Å². The van der Waals surface area contributed by atoms with Crippen LogP contribution in [0.15, 0.2) is 152 Å². The van der Waals surface area contributed by atoms with Crippen molar-refractivity contribution in [3.63, 3.8) is 0 Å². The molecule has 0 heterocycles. The van der Waals surface area contributed by atoms with Crippen molar-refractivity contribution in [1.82, 2.24) is 0 Å². The lowest BCUT2D eigenvalue weighted by Gasteiger charge is -2.30. The molecule has 6 aromatic rings. The zero-order valence-corrected chi connectivity index (χ0v) is 28.1. The van der Waals surface area contributed by atoms with Gasteiger partial charge in [-0.25, -0.2) is 0 Å². The Morgan fingerprint density at radius 3 is 1.29 bits per heavy atom. The lowest BCUT2D eigenvalue weighted by atomic mass is 9.77. The van der Waals surface area contributed by atoms with Crippen molar-refractivity contribution in [1.29, 1.82) is 0 Å². The Kier molecular flexibility index (Phi) is 10.9. The van der Waals surface area contributed by atoms with Crippen LogP contribution in [0.3, 0.4) is 0 Å². The molecule has 0 fully saturated rings. The highest BCUT2D eigenvalue weighted by atomic mass is 16.5. The monoisotopic (exact) mass is 632 g/mol. The fraction of sp³-hybridized carbons (Fsp3) is 0.200. The molecular weight excluding hydrogens is 588 g/mol. The largest absolute Gasteiger partial charge is 0.492 e. The van der Waals surface area contributed by atoms with Crippen molar-refractivity contribution < 1.29 is 14.2 Å². The molecule has 0 radical (unpaired) electrons. The second kappa shape index (κ2) is 16.0. The van der Waals surface area contributed by atoms with Crippen LogP contribution >= 0.6 is 0 Å². The number of benzene rings is 6. The first-order chi connectivity index (χ1) is 23.7. The van der Waals surface area contributed by atoms with E-state index >= 15 is 0 Å². The van der Waals surface area contributed by atoms with Gasteiger partial charge in [-0.2, -0.15) is 0 Å². The fourth-order valence-corrected chi connectivity index (χ4v) is 7.15. The van der Waals surface area contributed by atoms with E-state index in [1.165, 1.54) is 33.4 Å². The van der Waals surface area contributed by atoms with Gasteiger partial charge in [0.05, 0.1) is 21.3 Å². The lowest BCUT2D eigenvalue weighted by molar-refractivity contribution is 0.318. The summed E-state index contributed by atoms with van der Waals surface area (Å²) in [7, 11) is 5.21. The van der Waals surface area contributed by atoms with Crippen LogP contribution in [0.25, 0.3) is 0 Å². The summed E-state index contributed by atoms with van der Waals surface area (Å²) in [5.41, 5.74) is 9.91. The van der Waals surface area contributed by atoms with Crippen molar-refractivity contribution in [3.05, 3.63) is 196 Å². The molecule has 0 aliphatic rings. The summed E-state index contributed by atoms with van der Waals surface area (Å²) in [6, 6.07) is 54.0.